The standard InChI is InChI=1S/C26H35Cl2N3O4S/c1-7-23(26(33)29-14-17(2)3)30(15-20-9-10-21(27)22(28)13-20)25(32)16-31(36(6,34)35)24-11-8-18(4)12-19(24)5/h8-13,17,23H,7,14-16H2,1-6H3,(H,29,33). The van der Waals surface area contributed by atoms with Gasteiger partial charge in [0.05, 0.1) is 22.0 Å². The molecule has 2 aromatic rings. The van der Waals surface area contributed by atoms with Crippen molar-refractivity contribution in [2.75, 3.05) is 23.7 Å². The molecule has 0 aliphatic rings. The van der Waals surface area contributed by atoms with Crippen LogP contribution in [0.1, 0.15) is 43.9 Å². The second kappa shape index (κ2) is 12.8. The minimum absolute atomic E-state index is 0.0633. The van der Waals surface area contributed by atoms with Gasteiger partial charge in [-0.1, -0.05) is 67.7 Å². The lowest BCUT2D eigenvalue weighted by atomic mass is 10.1. The topological polar surface area (TPSA) is 86.8 Å². The fourth-order valence-corrected chi connectivity index (χ4v) is 5.08. The lowest BCUT2D eigenvalue weighted by Crippen LogP contribution is -2.52. The van der Waals surface area contributed by atoms with Crippen molar-refractivity contribution in [1.29, 1.82) is 0 Å². The molecule has 2 rings (SSSR count). The summed E-state index contributed by atoms with van der Waals surface area (Å²) in [5.41, 5.74) is 2.80. The predicted molar refractivity (Wildman–Crippen MR) is 147 cm³/mol. The van der Waals surface area contributed by atoms with E-state index in [1.165, 1.54) is 4.90 Å². The molecule has 0 saturated carbocycles. The van der Waals surface area contributed by atoms with Gasteiger partial charge in [-0.05, 0) is 55.5 Å². The number of carbonyl (C=O) groups excluding carboxylic acids is 2. The molecule has 0 heterocycles. The fourth-order valence-electron chi connectivity index (χ4n) is 3.86. The van der Waals surface area contributed by atoms with E-state index in [2.05, 4.69) is 5.32 Å². The van der Waals surface area contributed by atoms with Crippen molar-refractivity contribution in [2.24, 2.45) is 5.92 Å². The summed E-state index contributed by atoms with van der Waals surface area (Å²) in [7, 11) is -3.79. The second-order valence-electron chi connectivity index (χ2n) is 9.39. The molecule has 0 bridgehead atoms. The number of benzene rings is 2. The number of nitrogens with one attached hydrogen (secondary N) is 1. The molecule has 0 aromatic heterocycles. The molecular weight excluding hydrogens is 521 g/mol. The number of hydrogen-bond acceptors (Lipinski definition) is 4. The van der Waals surface area contributed by atoms with Crippen LogP contribution in [0.5, 0.6) is 0 Å². The van der Waals surface area contributed by atoms with Crippen molar-refractivity contribution >= 4 is 50.7 Å². The van der Waals surface area contributed by atoms with Crippen molar-refractivity contribution in [2.45, 2.75) is 53.6 Å². The number of halogens is 2. The van der Waals surface area contributed by atoms with Gasteiger partial charge < -0.3 is 10.2 Å². The molecule has 0 spiro atoms. The Morgan fingerprint density at radius 2 is 1.69 bits per heavy atom. The van der Waals surface area contributed by atoms with Crippen LogP contribution in [0.3, 0.4) is 0 Å². The van der Waals surface area contributed by atoms with Gasteiger partial charge in [0.1, 0.15) is 12.6 Å². The molecule has 0 saturated heterocycles. The van der Waals surface area contributed by atoms with Crippen LogP contribution in [0, 0.1) is 19.8 Å². The van der Waals surface area contributed by atoms with E-state index in [0.717, 1.165) is 21.7 Å². The molecule has 0 aliphatic heterocycles. The van der Waals surface area contributed by atoms with E-state index in [-0.39, 0.29) is 18.4 Å². The summed E-state index contributed by atoms with van der Waals surface area (Å²) in [6, 6.07) is 9.54. The molecule has 10 heteroatoms. The molecule has 2 aromatic carbocycles. The van der Waals surface area contributed by atoms with Gasteiger partial charge in [-0.15, -0.1) is 0 Å². The Labute approximate surface area is 224 Å². The lowest BCUT2D eigenvalue weighted by Gasteiger charge is -2.33. The maximum absolute atomic E-state index is 13.7. The third kappa shape index (κ3) is 8.11. The monoisotopic (exact) mass is 555 g/mol. The summed E-state index contributed by atoms with van der Waals surface area (Å²) in [4.78, 5) is 28.2. The Kier molecular flexibility index (Phi) is 10.6. The lowest BCUT2D eigenvalue weighted by molar-refractivity contribution is -0.140. The summed E-state index contributed by atoms with van der Waals surface area (Å²) in [6.45, 7) is 9.56. The maximum Gasteiger partial charge on any atom is 0.244 e. The molecule has 1 unspecified atom stereocenters. The zero-order chi connectivity index (χ0) is 27.2. The van der Waals surface area contributed by atoms with E-state index in [1.54, 1.807) is 37.3 Å². The number of sulfonamides is 1. The van der Waals surface area contributed by atoms with E-state index >= 15 is 0 Å². The molecular formula is C26H35Cl2N3O4S. The smallest absolute Gasteiger partial charge is 0.244 e. The van der Waals surface area contributed by atoms with E-state index in [4.69, 9.17) is 23.2 Å². The van der Waals surface area contributed by atoms with Gasteiger partial charge in [0.2, 0.25) is 21.8 Å². The summed E-state index contributed by atoms with van der Waals surface area (Å²) in [6.07, 6.45) is 1.41. The number of hydrogen-bond donors (Lipinski definition) is 1. The number of aryl methyl sites for hydroxylation is 2. The molecule has 36 heavy (non-hydrogen) atoms. The number of nitrogens with zero attached hydrogens (tertiary/aromatic N) is 2. The van der Waals surface area contributed by atoms with E-state index in [1.807, 2.05) is 33.8 Å². The Morgan fingerprint density at radius 1 is 1.03 bits per heavy atom. The first-order valence-electron chi connectivity index (χ1n) is 11.8. The van der Waals surface area contributed by atoms with Crippen LogP contribution in [-0.2, 0) is 26.2 Å². The van der Waals surface area contributed by atoms with E-state index in [0.29, 0.717) is 34.3 Å². The van der Waals surface area contributed by atoms with Crippen LogP contribution in [-0.4, -0.2) is 50.5 Å². The quantitative estimate of drug-likeness (QED) is 0.424. The Bertz CT molecular complexity index is 1200. The molecule has 7 nitrogen and oxygen atoms in total. The highest BCUT2D eigenvalue weighted by molar-refractivity contribution is 7.92. The minimum Gasteiger partial charge on any atom is -0.354 e. The molecule has 2 amide bonds. The summed E-state index contributed by atoms with van der Waals surface area (Å²) in [5, 5.41) is 3.59. The first kappa shape index (κ1) is 29.9. The minimum atomic E-state index is -3.79. The van der Waals surface area contributed by atoms with E-state index in [9.17, 15) is 18.0 Å². The van der Waals surface area contributed by atoms with Gasteiger partial charge in [0.25, 0.3) is 0 Å². The molecule has 198 valence electrons. The summed E-state index contributed by atoms with van der Waals surface area (Å²) < 4.78 is 26.6. The average molecular weight is 557 g/mol. The molecule has 1 N–H and O–H groups in total. The van der Waals surface area contributed by atoms with Gasteiger partial charge in [-0.3, -0.25) is 13.9 Å². The molecule has 1 atom stereocenters. The van der Waals surface area contributed by atoms with Gasteiger partial charge in [-0.25, -0.2) is 8.42 Å². The average Bonchev–Trinajstić information content (AvgIpc) is 2.77. The van der Waals surface area contributed by atoms with Gasteiger partial charge in [0.15, 0.2) is 0 Å². The van der Waals surface area contributed by atoms with Crippen molar-refractivity contribution < 1.29 is 18.0 Å². The van der Waals surface area contributed by atoms with Crippen molar-refractivity contribution in [3.8, 4) is 0 Å². The van der Waals surface area contributed by atoms with Crippen LogP contribution in [0.4, 0.5) is 5.69 Å². The predicted octanol–water partition coefficient (Wildman–Crippen LogP) is 4.96. The maximum atomic E-state index is 13.7. The SMILES string of the molecule is CCC(C(=O)NCC(C)C)N(Cc1ccc(Cl)c(Cl)c1)C(=O)CN(c1ccc(C)cc1C)S(C)(=O)=O. The van der Waals surface area contributed by atoms with Crippen LogP contribution < -0.4 is 9.62 Å². The fraction of sp³-hybridized carbons (Fsp3) is 0.462. The molecule has 0 fully saturated rings. The Morgan fingerprint density at radius 3 is 2.22 bits per heavy atom. The molecule has 0 aliphatic carbocycles. The zero-order valence-electron chi connectivity index (χ0n) is 21.6. The van der Waals surface area contributed by atoms with Crippen LogP contribution in [0.15, 0.2) is 36.4 Å². The zero-order valence-corrected chi connectivity index (χ0v) is 24.0. The van der Waals surface area contributed by atoms with Crippen molar-refractivity contribution in [1.82, 2.24) is 10.2 Å². The number of anilines is 1. The normalized spacial score (nSPS) is 12.4. The highest BCUT2D eigenvalue weighted by Crippen LogP contribution is 2.26. The first-order valence-corrected chi connectivity index (χ1v) is 14.4. The first-order chi connectivity index (χ1) is 16.7. The Balaban J connectivity index is 2.48. The van der Waals surface area contributed by atoms with Gasteiger partial charge in [-0.2, -0.15) is 0 Å². The number of amides is 2. The van der Waals surface area contributed by atoms with Gasteiger partial charge in [0, 0.05) is 13.1 Å². The summed E-state index contributed by atoms with van der Waals surface area (Å²) >= 11 is 12.2. The van der Waals surface area contributed by atoms with Crippen LogP contribution >= 0.6 is 23.2 Å². The Hall–Kier alpha value is -2.29. The third-order valence-corrected chi connectivity index (χ3v) is 7.57. The third-order valence-electron chi connectivity index (χ3n) is 5.71. The number of rotatable bonds is 11. The summed E-state index contributed by atoms with van der Waals surface area (Å²) in [5.74, 6) is -0.564. The van der Waals surface area contributed by atoms with Crippen molar-refractivity contribution in [3.63, 3.8) is 0 Å². The van der Waals surface area contributed by atoms with Crippen molar-refractivity contribution in [3.05, 3.63) is 63.1 Å². The van der Waals surface area contributed by atoms with Crippen LogP contribution in [0.2, 0.25) is 10.0 Å². The largest absolute Gasteiger partial charge is 0.354 e. The second-order valence-corrected chi connectivity index (χ2v) is 12.1. The highest BCUT2D eigenvalue weighted by atomic mass is 35.5. The van der Waals surface area contributed by atoms with E-state index < -0.39 is 28.5 Å². The number of carbonyl (C=O) groups is 2. The van der Waals surface area contributed by atoms with Crippen LogP contribution in [0.25, 0.3) is 0 Å². The highest BCUT2D eigenvalue weighted by Gasteiger charge is 2.32. The van der Waals surface area contributed by atoms with Gasteiger partial charge >= 0.3 is 0 Å². The molecule has 0 radical (unpaired) electrons.